The van der Waals surface area contributed by atoms with E-state index in [1.165, 1.54) is 14.2 Å². The van der Waals surface area contributed by atoms with E-state index >= 15 is 0 Å². The van der Waals surface area contributed by atoms with Crippen molar-refractivity contribution in [3.8, 4) is 5.75 Å². The minimum atomic E-state index is -0.473. The SMILES string of the molecule is COCc1c(OC)ccc(C2(N)CC2)c1F. The van der Waals surface area contributed by atoms with Crippen LogP contribution in [0.2, 0.25) is 0 Å². The average Bonchev–Trinajstić information content (AvgIpc) is 3.00. The highest BCUT2D eigenvalue weighted by atomic mass is 19.1. The molecule has 16 heavy (non-hydrogen) atoms. The Kier molecular flexibility index (Phi) is 2.86. The fourth-order valence-electron chi connectivity index (χ4n) is 1.86. The Morgan fingerprint density at radius 1 is 1.38 bits per heavy atom. The van der Waals surface area contributed by atoms with E-state index in [0.717, 1.165) is 12.8 Å². The summed E-state index contributed by atoms with van der Waals surface area (Å²) >= 11 is 0. The summed E-state index contributed by atoms with van der Waals surface area (Å²) in [6.07, 6.45) is 1.67. The highest BCUT2D eigenvalue weighted by molar-refractivity contribution is 5.43. The summed E-state index contributed by atoms with van der Waals surface area (Å²) in [6.45, 7) is 0.193. The lowest BCUT2D eigenvalue weighted by molar-refractivity contribution is 0.177. The van der Waals surface area contributed by atoms with Crippen molar-refractivity contribution < 1.29 is 13.9 Å². The molecule has 1 aliphatic rings. The van der Waals surface area contributed by atoms with Crippen LogP contribution in [-0.4, -0.2) is 14.2 Å². The van der Waals surface area contributed by atoms with Crippen molar-refractivity contribution in [3.63, 3.8) is 0 Å². The van der Waals surface area contributed by atoms with Crippen LogP contribution in [0.1, 0.15) is 24.0 Å². The van der Waals surface area contributed by atoms with Crippen LogP contribution in [0.15, 0.2) is 12.1 Å². The van der Waals surface area contributed by atoms with Crippen LogP contribution < -0.4 is 10.5 Å². The zero-order valence-electron chi connectivity index (χ0n) is 9.55. The Morgan fingerprint density at radius 3 is 2.56 bits per heavy atom. The molecule has 0 bridgehead atoms. The van der Waals surface area contributed by atoms with Gasteiger partial charge in [0.1, 0.15) is 11.6 Å². The molecule has 0 aromatic heterocycles. The fraction of sp³-hybridized carbons (Fsp3) is 0.500. The summed E-state index contributed by atoms with van der Waals surface area (Å²) < 4.78 is 24.3. The monoisotopic (exact) mass is 225 g/mol. The maximum Gasteiger partial charge on any atom is 0.137 e. The van der Waals surface area contributed by atoms with Gasteiger partial charge in [-0.15, -0.1) is 0 Å². The number of halogens is 1. The van der Waals surface area contributed by atoms with Crippen molar-refractivity contribution in [1.29, 1.82) is 0 Å². The average molecular weight is 225 g/mol. The molecule has 2 rings (SSSR count). The van der Waals surface area contributed by atoms with Crippen LogP contribution in [-0.2, 0) is 16.9 Å². The summed E-state index contributed by atoms with van der Waals surface area (Å²) in [5, 5.41) is 0. The van der Waals surface area contributed by atoms with Crippen molar-refractivity contribution in [3.05, 3.63) is 29.1 Å². The molecule has 2 N–H and O–H groups in total. The molecule has 1 saturated carbocycles. The predicted molar refractivity (Wildman–Crippen MR) is 58.8 cm³/mol. The number of benzene rings is 1. The molecule has 0 radical (unpaired) electrons. The number of rotatable bonds is 4. The molecule has 0 heterocycles. The molecule has 1 aromatic carbocycles. The Morgan fingerprint density at radius 2 is 2.06 bits per heavy atom. The smallest absolute Gasteiger partial charge is 0.137 e. The van der Waals surface area contributed by atoms with Gasteiger partial charge in [-0.25, -0.2) is 4.39 Å². The third kappa shape index (κ3) is 1.79. The second kappa shape index (κ2) is 4.03. The van der Waals surface area contributed by atoms with Gasteiger partial charge in [-0.1, -0.05) is 6.07 Å². The molecule has 1 aliphatic carbocycles. The molecule has 0 aliphatic heterocycles. The topological polar surface area (TPSA) is 44.5 Å². The first-order valence-electron chi connectivity index (χ1n) is 5.26. The van der Waals surface area contributed by atoms with E-state index < -0.39 is 5.54 Å². The maximum absolute atomic E-state index is 14.2. The first-order valence-corrected chi connectivity index (χ1v) is 5.26. The van der Waals surface area contributed by atoms with Crippen LogP contribution in [0.25, 0.3) is 0 Å². The third-order valence-corrected chi connectivity index (χ3v) is 3.03. The zero-order chi connectivity index (χ0) is 11.8. The van der Waals surface area contributed by atoms with E-state index in [2.05, 4.69) is 0 Å². The van der Waals surface area contributed by atoms with Crippen LogP contribution in [0.5, 0.6) is 5.75 Å². The summed E-state index contributed by atoms with van der Waals surface area (Å²) in [6, 6.07) is 3.46. The van der Waals surface area contributed by atoms with Crippen molar-refractivity contribution in [2.75, 3.05) is 14.2 Å². The summed E-state index contributed by atoms with van der Waals surface area (Å²) in [5.74, 6) is 0.216. The molecule has 1 aromatic rings. The second-order valence-electron chi connectivity index (χ2n) is 4.20. The van der Waals surface area contributed by atoms with E-state index in [1.54, 1.807) is 12.1 Å². The number of hydrogen-bond donors (Lipinski definition) is 1. The highest BCUT2D eigenvalue weighted by Gasteiger charge is 2.42. The molecule has 0 spiro atoms. The number of methoxy groups -OCH3 is 2. The fourth-order valence-corrected chi connectivity index (χ4v) is 1.86. The summed E-state index contributed by atoms with van der Waals surface area (Å²) in [4.78, 5) is 0. The molecule has 4 heteroatoms. The van der Waals surface area contributed by atoms with Gasteiger partial charge in [0.05, 0.1) is 19.3 Å². The third-order valence-electron chi connectivity index (χ3n) is 3.03. The summed E-state index contributed by atoms with van der Waals surface area (Å²) in [7, 11) is 3.05. The minimum Gasteiger partial charge on any atom is -0.496 e. The van der Waals surface area contributed by atoms with Crippen LogP contribution in [0.3, 0.4) is 0 Å². The lowest BCUT2D eigenvalue weighted by atomic mass is 10.0. The number of hydrogen-bond acceptors (Lipinski definition) is 3. The Balaban J connectivity index is 2.46. The first-order chi connectivity index (χ1) is 7.62. The number of ether oxygens (including phenoxy) is 2. The van der Waals surface area contributed by atoms with Gasteiger partial charge in [-0.2, -0.15) is 0 Å². The van der Waals surface area contributed by atoms with Gasteiger partial charge >= 0.3 is 0 Å². The molecule has 0 unspecified atom stereocenters. The summed E-state index contributed by atoms with van der Waals surface area (Å²) in [5.41, 5.74) is 6.54. The molecular formula is C12H16FNO2. The molecule has 88 valence electrons. The molecule has 3 nitrogen and oxygen atoms in total. The molecule has 0 atom stereocenters. The van der Waals surface area contributed by atoms with Gasteiger partial charge in [-0.3, -0.25) is 0 Å². The first kappa shape index (κ1) is 11.4. The van der Waals surface area contributed by atoms with E-state index in [1.807, 2.05) is 0 Å². The lowest BCUT2D eigenvalue weighted by Gasteiger charge is -2.16. The minimum absolute atomic E-state index is 0.193. The zero-order valence-corrected chi connectivity index (χ0v) is 9.55. The Labute approximate surface area is 94.3 Å². The second-order valence-corrected chi connectivity index (χ2v) is 4.20. The van der Waals surface area contributed by atoms with Crippen LogP contribution in [0.4, 0.5) is 4.39 Å². The van der Waals surface area contributed by atoms with Crippen LogP contribution >= 0.6 is 0 Å². The van der Waals surface area contributed by atoms with Crippen molar-refractivity contribution in [1.82, 2.24) is 0 Å². The van der Waals surface area contributed by atoms with Gasteiger partial charge in [-0.05, 0) is 18.9 Å². The van der Waals surface area contributed by atoms with E-state index in [-0.39, 0.29) is 12.4 Å². The van der Waals surface area contributed by atoms with Gasteiger partial charge in [0.15, 0.2) is 0 Å². The largest absolute Gasteiger partial charge is 0.496 e. The lowest BCUT2D eigenvalue weighted by Crippen LogP contribution is -2.21. The predicted octanol–water partition coefficient (Wildman–Crippen LogP) is 1.93. The quantitative estimate of drug-likeness (QED) is 0.851. The van der Waals surface area contributed by atoms with E-state index in [4.69, 9.17) is 15.2 Å². The van der Waals surface area contributed by atoms with Gasteiger partial charge in [0.2, 0.25) is 0 Å². The van der Waals surface area contributed by atoms with Crippen molar-refractivity contribution in [2.24, 2.45) is 5.73 Å². The standard InChI is InChI=1S/C12H16FNO2/c1-15-7-8-10(16-2)4-3-9(11(8)13)12(14)5-6-12/h3-4H,5-7,14H2,1-2H3. The molecule has 0 amide bonds. The number of nitrogens with two attached hydrogens (primary N) is 1. The maximum atomic E-state index is 14.2. The molecule has 0 saturated heterocycles. The van der Waals surface area contributed by atoms with E-state index in [9.17, 15) is 4.39 Å². The van der Waals surface area contributed by atoms with Crippen molar-refractivity contribution >= 4 is 0 Å². The normalized spacial score (nSPS) is 17.2. The highest BCUT2D eigenvalue weighted by Crippen LogP contribution is 2.45. The van der Waals surface area contributed by atoms with Gasteiger partial charge < -0.3 is 15.2 Å². The van der Waals surface area contributed by atoms with Crippen LogP contribution in [0, 0.1) is 5.82 Å². The molecule has 1 fully saturated rings. The van der Waals surface area contributed by atoms with Crippen molar-refractivity contribution in [2.45, 2.75) is 25.0 Å². The van der Waals surface area contributed by atoms with Gasteiger partial charge in [0, 0.05) is 18.2 Å². The Bertz CT molecular complexity index is 402. The Hall–Kier alpha value is -1.13. The molecular weight excluding hydrogens is 209 g/mol. The van der Waals surface area contributed by atoms with Gasteiger partial charge in [0.25, 0.3) is 0 Å². The van der Waals surface area contributed by atoms with E-state index in [0.29, 0.717) is 16.9 Å².